The van der Waals surface area contributed by atoms with Gasteiger partial charge in [0.05, 0.1) is 0 Å². The zero-order chi connectivity index (χ0) is 13.8. The van der Waals surface area contributed by atoms with E-state index in [0.717, 1.165) is 5.92 Å². The van der Waals surface area contributed by atoms with Crippen molar-refractivity contribution in [1.29, 1.82) is 0 Å². The topological polar surface area (TPSA) is 12.0 Å². The standard InChI is InChI=1S/C18H29N/c1-13-6-5-7-17(11-9-13)19-16(4)18-12-14(2)8-10-15(18)3/h8,10,12-13,16-17,19H,5-7,9,11H2,1-4H3. The van der Waals surface area contributed by atoms with Gasteiger partial charge in [0, 0.05) is 12.1 Å². The molecule has 0 spiro atoms. The molecule has 1 aromatic carbocycles. The Hall–Kier alpha value is -0.820. The number of rotatable bonds is 3. The van der Waals surface area contributed by atoms with Gasteiger partial charge in [-0.2, -0.15) is 0 Å². The first-order valence-corrected chi connectivity index (χ1v) is 7.89. The summed E-state index contributed by atoms with van der Waals surface area (Å²) in [5.74, 6) is 0.919. The van der Waals surface area contributed by atoms with Crippen LogP contribution in [0.1, 0.15) is 68.7 Å². The van der Waals surface area contributed by atoms with Crippen LogP contribution >= 0.6 is 0 Å². The number of hydrogen-bond donors (Lipinski definition) is 1. The average Bonchev–Trinajstić information content (AvgIpc) is 2.57. The molecular formula is C18H29N. The Morgan fingerprint density at radius 2 is 1.89 bits per heavy atom. The summed E-state index contributed by atoms with van der Waals surface area (Å²) >= 11 is 0. The van der Waals surface area contributed by atoms with Crippen molar-refractivity contribution in [2.45, 2.75) is 71.9 Å². The van der Waals surface area contributed by atoms with Crippen LogP contribution in [0, 0.1) is 19.8 Å². The predicted octanol–water partition coefficient (Wildman–Crippen LogP) is 4.92. The molecule has 106 valence electrons. The first kappa shape index (κ1) is 14.6. The van der Waals surface area contributed by atoms with Gasteiger partial charge < -0.3 is 5.32 Å². The van der Waals surface area contributed by atoms with Crippen LogP contribution in [-0.2, 0) is 0 Å². The highest BCUT2D eigenvalue weighted by Gasteiger charge is 2.18. The van der Waals surface area contributed by atoms with E-state index in [1.54, 1.807) is 0 Å². The van der Waals surface area contributed by atoms with Crippen molar-refractivity contribution in [1.82, 2.24) is 5.32 Å². The predicted molar refractivity (Wildman–Crippen MR) is 83.5 cm³/mol. The first-order chi connectivity index (χ1) is 9.06. The zero-order valence-corrected chi connectivity index (χ0v) is 13.0. The van der Waals surface area contributed by atoms with E-state index >= 15 is 0 Å². The summed E-state index contributed by atoms with van der Waals surface area (Å²) in [4.78, 5) is 0. The van der Waals surface area contributed by atoms with E-state index in [4.69, 9.17) is 0 Å². The molecule has 19 heavy (non-hydrogen) atoms. The summed E-state index contributed by atoms with van der Waals surface area (Å²) < 4.78 is 0. The summed E-state index contributed by atoms with van der Waals surface area (Å²) in [6, 6.07) is 7.97. The van der Waals surface area contributed by atoms with Crippen molar-refractivity contribution in [3.8, 4) is 0 Å². The molecule has 1 aromatic rings. The summed E-state index contributed by atoms with van der Waals surface area (Å²) in [7, 11) is 0. The van der Waals surface area contributed by atoms with Gasteiger partial charge in [0.1, 0.15) is 0 Å². The molecule has 1 saturated carbocycles. The molecule has 1 aliphatic carbocycles. The lowest BCUT2D eigenvalue weighted by Crippen LogP contribution is -2.31. The molecule has 0 amide bonds. The molecule has 3 atom stereocenters. The fourth-order valence-electron chi connectivity index (χ4n) is 3.32. The minimum absolute atomic E-state index is 0.471. The van der Waals surface area contributed by atoms with Gasteiger partial charge in [0.25, 0.3) is 0 Å². The lowest BCUT2D eigenvalue weighted by molar-refractivity contribution is 0.407. The fourth-order valence-corrected chi connectivity index (χ4v) is 3.32. The van der Waals surface area contributed by atoms with Crippen LogP contribution in [0.2, 0.25) is 0 Å². The van der Waals surface area contributed by atoms with Crippen LogP contribution in [-0.4, -0.2) is 6.04 Å². The van der Waals surface area contributed by atoms with Crippen molar-refractivity contribution in [2.75, 3.05) is 0 Å². The van der Waals surface area contributed by atoms with E-state index in [1.165, 1.54) is 48.8 Å². The molecule has 0 aliphatic heterocycles. The van der Waals surface area contributed by atoms with Gasteiger partial charge in [0.2, 0.25) is 0 Å². The van der Waals surface area contributed by atoms with Crippen LogP contribution in [0.5, 0.6) is 0 Å². The van der Waals surface area contributed by atoms with Crippen LogP contribution < -0.4 is 5.32 Å². The Bertz CT molecular complexity index is 410. The van der Waals surface area contributed by atoms with Gasteiger partial charge in [0.15, 0.2) is 0 Å². The van der Waals surface area contributed by atoms with E-state index in [0.29, 0.717) is 12.1 Å². The summed E-state index contributed by atoms with van der Waals surface area (Å²) in [5, 5.41) is 3.86. The van der Waals surface area contributed by atoms with E-state index in [1.807, 2.05) is 0 Å². The quantitative estimate of drug-likeness (QED) is 0.759. The molecule has 1 aliphatic rings. The SMILES string of the molecule is Cc1ccc(C)c(C(C)NC2CCCC(C)CC2)c1. The van der Waals surface area contributed by atoms with E-state index in [2.05, 4.69) is 51.2 Å². The first-order valence-electron chi connectivity index (χ1n) is 7.89. The second kappa shape index (κ2) is 6.56. The lowest BCUT2D eigenvalue weighted by Gasteiger charge is -2.24. The lowest BCUT2D eigenvalue weighted by atomic mass is 9.98. The van der Waals surface area contributed by atoms with Crippen molar-refractivity contribution < 1.29 is 0 Å². The monoisotopic (exact) mass is 259 g/mol. The Balaban J connectivity index is 2.00. The van der Waals surface area contributed by atoms with E-state index in [9.17, 15) is 0 Å². The molecule has 0 aromatic heterocycles. The van der Waals surface area contributed by atoms with Gasteiger partial charge in [-0.15, -0.1) is 0 Å². The Morgan fingerprint density at radius 3 is 2.68 bits per heavy atom. The molecule has 1 heteroatoms. The van der Waals surface area contributed by atoms with E-state index < -0.39 is 0 Å². The Labute approximate surface area is 118 Å². The van der Waals surface area contributed by atoms with E-state index in [-0.39, 0.29) is 0 Å². The highest BCUT2D eigenvalue weighted by Crippen LogP contribution is 2.26. The summed E-state index contributed by atoms with van der Waals surface area (Å²) in [6.45, 7) is 9.12. The molecule has 2 rings (SSSR count). The van der Waals surface area contributed by atoms with Crippen molar-refractivity contribution in [2.24, 2.45) is 5.92 Å². The third-order valence-corrected chi connectivity index (χ3v) is 4.64. The van der Waals surface area contributed by atoms with Crippen molar-refractivity contribution in [3.63, 3.8) is 0 Å². The summed E-state index contributed by atoms with van der Waals surface area (Å²) in [5.41, 5.74) is 4.24. The normalized spacial score (nSPS) is 25.9. The Kier molecular flexibility index (Phi) is 5.04. The van der Waals surface area contributed by atoms with Gasteiger partial charge >= 0.3 is 0 Å². The fraction of sp³-hybridized carbons (Fsp3) is 0.667. The Morgan fingerprint density at radius 1 is 1.11 bits per heavy atom. The second-order valence-electron chi connectivity index (χ2n) is 6.56. The maximum Gasteiger partial charge on any atom is 0.0297 e. The largest absolute Gasteiger partial charge is 0.307 e. The van der Waals surface area contributed by atoms with Gasteiger partial charge in [-0.05, 0) is 57.1 Å². The maximum atomic E-state index is 3.86. The van der Waals surface area contributed by atoms with Crippen LogP contribution in [0.3, 0.4) is 0 Å². The van der Waals surface area contributed by atoms with Crippen LogP contribution in [0.15, 0.2) is 18.2 Å². The summed E-state index contributed by atoms with van der Waals surface area (Å²) in [6.07, 6.45) is 6.88. The van der Waals surface area contributed by atoms with Gasteiger partial charge in [-0.25, -0.2) is 0 Å². The molecule has 0 radical (unpaired) electrons. The number of hydrogen-bond acceptors (Lipinski definition) is 1. The molecule has 1 nitrogen and oxygen atoms in total. The van der Waals surface area contributed by atoms with Gasteiger partial charge in [-0.3, -0.25) is 0 Å². The molecule has 0 heterocycles. The molecule has 3 unspecified atom stereocenters. The van der Waals surface area contributed by atoms with Crippen LogP contribution in [0.25, 0.3) is 0 Å². The average molecular weight is 259 g/mol. The molecular weight excluding hydrogens is 230 g/mol. The second-order valence-corrected chi connectivity index (χ2v) is 6.56. The van der Waals surface area contributed by atoms with Crippen molar-refractivity contribution in [3.05, 3.63) is 34.9 Å². The number of benzene rings is 1. The third kappa shape index (κ3) is 4.07. The van der Waals surface area contributed by atoms with Crippen LogP contribution in [0.4, 0.5) is 0 Å². The molecule has 0 saturated heterocycles. The molecule has 1 N–H and O–H groups in total. The van der Waals surface area contributed by atoms with Crippen molar-refractivity contribution >= 4 is 0 Å². The molecule has 0 bridgehead atoms. The number of aryl methyl sites for hydroxylation is 2. The maximum absolute atomic E-state index is 3.86. The smallest absolute Gasteiger partial charge is 0.0297 e. The highest BCUT2D eigenvalue weighted by atomic mass is 14.9. The third-order valence-electron chi connectivity index (χ3n) is 4.64. The minimum Gasteiger partial charge on any atom is -0.307 e. The number of nitrogens with one attached hydrogen (secondary N) is 1. The highest BCUT2D eigenvalue weighted by molar-refractivity contribution is 5.32. The minimum atomic E-state index is 0.471. The molecule has 1 fully saturated rings. The zero-order valence-electron chi connectivity index (χ0n) is 13.0. The van der Waals surface area contributed by atoms with Gasteiger partial charge in [-0.1, -0.05) is 43.5 Å².